The number of hydrogen-bond acceptors (Lipinski definition) is 2. The van der Waals surface area contributed by atoms with Crippen molar-refractivity contribution < 1.29 is 4.74 Å². The summed E-state index contributed by atoms with van der Waals surface area (Å²) in [5.41, 5.74) is 1.31. The van der Waals surface area contributed by atoms with Crippen molar-refractivity contribution in [3.05, 3.63) is 65.2 Å². The van der Waals surface area contributed by atoms with Crippen molar-refractivity contribution in [2.24, 2.45) is 0 Å². The molecule has 1 N–H and O–H groups in total. The van der Waals surface area contributed by atoms with Crippen molar-refractivity contribution in [2.45, 2.75) is 32.4 Å². The zero-order valence-electron chi connectivity index (χ0n) is 12.6. The SMILES string of the molecule is CCNC(Cc1ccccc1)C(C)Oc1cccc(Cl)c1. The lowest BCUT2D eigenvalue weighted by atomic mass is 10.0. The van der Waals surface area contributed by atoms with Gasteiger partial charge < -0.3 is 10.1 Å². The normalized spacial score (nSPS) is 13.7. The van der Waals surface area contributed by atoms with E-state index in [2.05, 4.69) is 43.4 Å². The molecule has 2 nitrogen and oxygen atoms in total. The molecule has 2 rings (SSSR count). The quantitative estimate of drug-likeness (QED) is 0.822. The Morgan fingerprint density at radius 2 is 1.86 bits per heavy atom. The van der Waals surface area contributed by atoms with E-state index in [0.717, 1.165) is 18.7 Å². The average molecular weight is 304 g/mol. The highest BCUT2D eigenvalue weighted by molar-refractivity contribution is 6.30. The van der Waals surface area contributed by atoms with Crippen LogP contribution < -0.4 is 10.1 Å². The van der Waals surface area contributed by atoms with Crippen LogP contribution in [-0.4, -0.2) is 18.7 Å². The molecule has 3 heteroatoms. The molecule has 2 aromatic rings. The van der Waals surface area contributed by atoms with Crippen LogP contribution in [0.15, 0.2) is 54.6 Å². The summed E-state index contributed by atoms with van der Waals surface area (Å²) in [6.45, 7) is 5.13. The third-order valence-corrected chi connectivity index (χ3v) is 3.68. The van der Waals surface area contributed by atoms with Gasteiger partial charge >= 0.3 is 0 Å². The summed E-state index contributed by atoms with van der Waals surface area (Å²) in [4.78, 5) is 0. The molecular formula is C18H22ClNO. The molecule has 2 aromatic carbocycles. The lowest BCUT2D eigenvalue weighted by molar-refractivity contribution is 0.170. The molecule has 112 valence electrons. The lowest BCUT2D eigenvalue weighted by Crippen LogP contribution is -2.43. The maximum atomic E-state index is 6.04. The third-order valence-electron chi connectivity index (χ3n) is 3.45. The molecule has 0 aliphatic rings. The van der Waals surface area contributed by atoms with E-state index < -0.39 is 0 Å². The van der Waals surface area contributed by atoms with E-state index in [1.54, 1.807) is 0 Å². The third kappa shape index (κ3) is 5.07. The van der Waals surface area contributed by atoms with Crippen LogP contribution in [0.1, 0.15) is 19.4 Å². The second kappa shape index (κ2) is 8.06. The largest absolute Gasteiger partial charge is 0.489 e. The van der Waals surface area contributed by atoms with Gasteiger partial charge in [0.2, 0.25) is 0 Å². The van der Waals surface area contributed by atoms with E-state index in [1.165, 1.54) is 5.56 Å². The fourth-order valence-corrected chi connectivity index (χ4v) is 2.55. The number of likely N-dealkylation sites (N-methyl/N-ethyl adjacent to an activating group) is 1. The Balaban J connectivity index is 2.03. The van der Waals surface area contributed by atoms with Gasteiger partial charge in [0.05, 0.1) is 0 Å². The van der Waals surface area contributed by atoms with Crippen LogP contribution in [0.4, 0.5) is 0 Å². The van der Waals surface area contributed by atoms with Crippen molar-refractivity contribution in [1.29, 1.82) is 0 Å². The molecule has 21 heavy (non-hydrogen) atoms. The van der Waals surface area contributed by atoms with Gasteiger partial charge in [0.25, 0.3) is 0 Å². The van der Waals surface area contributed by atoms with Crippen molar-refractivity contribution in [2.75, 3.05) is 6.54 Å². The molecule has 0 radical (unpaired) electrons. The highest BCUT2D eigenvalue weighted by Gasteiger charge is 2.18. The Morgan fingerprint density at radius 3 is 2.52 bits per heavy atom. The van der Waals surface area contributed by atoms with Crippen LogP contribution in [-0.2, 0) is 6.42 Å². The molecule has 0 fully saturated rings. The van der Waals surface area contributed by atoms with Crippen molar-refractivity contribution in [3.8, 4) is 5.75 Å². The van der Waals surface area contributed by atoms with Crippen LogP contribution >= 0.6 is 11.6 Å². The first kappa shape index (κ1) is 15.9. The number of nitrogens with one attached hydrogen (secondary N) is 1. The molecule has 0 amide bonds. The van der Waals surface area contributed by atoms with Gasteiger partial charge in [-0.15, -0.1) is 0 Å². The highest BCUT2D eigenvalue weighted by atomic mass is 35.5. The molecule has 0 heterocycles. The van der Waals surface area contributed by atoms with Gasteiger partial charge in [0.15, 0.2) is 0 Å². The van der Waals surface area contributed by atoms with Crippen LogP contribution in [0.3, 0.4) is 0 Å². The fraction of sp³-hybridized carbons (Fsp3) is 0.333. The molecule has 0 saturated heterocycles. The topological polar surface area (TPSA) is 21.3 Å². The summed E-state index contributed by atoms with van der Waals surface area (Å²) < 4.78 is 6.04. The van der Waals surface area contributed by atoms with Crippen LogP contribution in [0.25, 0.3) is 0 Å². The van der Waals surface area contributed by atoms with E-state index >= 15 is 0 Å². The first-order valence-corrected chi connectivity index (χ1v) is 7.76. The van der Waals surface area contributed by atoms with Crippen molar-refractivity contribution in [1.82, 2.24) is 5.32 Å². The molecule has 2 atom stereocenters. The van der Waals surface area contributed by atoms with Gasteiger partial charge in [-0.1, -0.05) is 54.9 Å². The predicted octanol–water partition coefficient (Wildman–Crippen LogP) is 4.33. The Labute approximate surface area is 132 Å². The molecule has 2 unspecified atom stereocenters. The Morgan fingerprint density at radius 1 is 1.10 bits per heavy atom. The summed E-state index contributed by atoms with van der Waals surface area (Å²) in [5.74, 6) is 0.811. The Hall–Kier alpha value is -1.51. The van der Waals surface area contributed by atoms with Gasteiger partial charge in [-0.05, 0) is 43.7 Å². The summed E-state index contributed by atoms with van der Waals surface area (Å²) in [6.07, 6.45) is 1.000. The number of hydrogen-bond donors (Lipinski definition) is 1. The van der Waals surface area contributed by atoms with E-state index in [-0.39, 0.29) is 12.1 Å². The summed E-state index contributed by atoms with van der Waals surface area (Å²) in [5, 5.41) is 4.20. The maximum Gasteiger partial charge on any atom is 0.121 e. The average Bonchev–Trinajstić information content (AvgIpc) is 2.48. The van der Waals surface area contributed by atoms with E-state index in [0.29, 0.717) is 5.02 Å². The maximum absolute atomic E-state index is 6.04. The number of ether oxygens (including phenoxy) is 1. The minimum atomic E-state index is 0.0589. The number of benzene rings is 2. The smallest absolute Gasteiger partial charge is 0.121 e. The van der Waals surface area contributed by atoms with Crippen LogP contribution in [0.5, 0.6) is 5.75 Å². The predicted molar refractivity (Wildman–Crippen MR) is 89.2 cm³/mol. The second-order valence-electron chi connectivity index (χ2n) is 5.13. The first-order valence-electron chi connectivity index (χ1n) is 7.38. The monoisotopic (exact) mass is 303 g/mol. The van der Waals surface area contributed by atoms with Crippen molar-refractivity contribution >= 4 is 11.6 Å². The zero-order chi connectivity index (χ0) is 15.1. The number of halogens is 1. The molecule has 0 spiro atoms. The van der Waals surface area contributed by atoms with Gasteiger partial charge in [-0.25, -0.2) is 0 Å². The first-order chi connectivity index (χ1) is 10.2. The number of rotatable bonds is 7. The van der Waals surface area contributed by atoms with Gasteiger partial charge in [-0.3, -0.25) is 0 Å². The van der Waals surface area contributed by atoms with Crippen molar-refractivity contribution in [3.63, 3.8) is 0 Å². The van der Waals surface area contributed by atoms with E-state index in [9.17, 15) is 0 Å². The summed E-state index contributed by atoms with van der Waals surface area (Å²) >= 11 is 6.00. The molecule has 0 bridgehead atoms. The van der Waals surface area contributed by atoms with Gasteiger partial charge in [0, 0.05) is 11.1 Å². The minimum absolute atomic E-state index is 0.0589. The molecule has 0 aromatic heterocycles. The standard InChI is InChI=1S/C18H22ClNO/c1-3-20-18(12-15-8-5-4-6-9-15)14(2)21-17-11-7-10-16(19)13-17/h4-11,13-14,18,20H,3,12H2,1-2H3. The molecule has 0 aliphatic heterocycles. The van der Waals surface area contributed by atoms with E-state index in [4.69, 9.17) is 16.3 Å². The molecule has 0 aliphatic carbocycles. The van der Waals surface area contributed by atoms with Gasteiger partial charge in [0.1, 0.15) is 11.9 Å². The fourth-order valence-electron chi connectivity index (χ4n) is 2.37. The zero-order valence-corrected chi connectivity index (χ0v) is 13.3. The minimum Gasteiger partial charge on any atom is -0.489 e. The highest BCUT2D eigenvalue weighted by Crippen LogP contribution is 2.20. The lowest BCUT2D eigenvalue weighted by Gasteiger charge is -2.26. The van der Waals surface area contributed by atoms with Crippen LogP contribution in [0.2, 0.25) is 5.02 Å². The summed E-state index contributed by atoms with van der Waals surface area (Å²) in [7, 11) is 0. The van der Waals surface area contributed by atoms with E-state index in [1.807, 2.05) is 30.3 Å². The molecular weight excluding hydrogens is 282 g/mol. The Kier molecular flexibility index (Phi) is 6.09. The summed E-state index contributed by atoms with van der Waals surface area (Å²) in [6, 6.07) is 18.3. The molecule has 0 saturated carbocycles. The van der Waals surface area contributed by atoms with Gasteiger partial charge in [-0.2, -0.15) is 0 Å². The van der Waals surface area contributed by atoms with Crippen LogP contribution in [0, 0.1) is 0 Å². The Bertz CT molecular complexity index is 544. The second-order valence-corrected chi connectivity index (χ2v) is 5.57.